The van der Waals surface area contributed by atoms with Crippen LogP contribution in [-0.4, -0.2) is 28.4 Å². The molecule has 176 valence electrons. The van der Waals surface area contributed by atoms with Crippen LogP contribution >= 0.6 is 0 Å². The van der Waals surface area contributed by atoms with Crippen molar-refractivity contribution in [1.29, 1.82) is 0 Å². The number of H-pyrrole nitrogens is 1. The summed E-state index contributed by atoms with van der Waals surface area (Å²) in [7, 11) is 0. The molecule has 1 aromatic heterocycles. The molecular weight excluding hydrogens is 440 g/mol. The molecule has 6 nitrogen and oxygen atoms in total. The van der Waals surface area contributed by atoms with Crippen molar-refractivity contribution >= 4 is 34.0 Å². The third-order valence-electron chi connectivity index (χ3n) is 6.22. The summed E-state index contributed by atoms with van der Waals surface area (Å²) in [5.41, 5.74) is 3.65. The van der Waals surface area contributed by atoms with Crippen molar-refractivity contribution in [3.05, 3.63) is 101 Å². The molecule has 1 saturated heterocycles. The van der Waals surface area contributed by atoms with Crippen molar-refractivity contribution in [3.63, 3.8) is 0 Å². The Labute approximate surface area is 203 Å². The molecule has 1 atom stereocenters. The highest BCUT2D eigenvalue weighted by atomic mass is 16.5. The fourth-order valence-corrected chi connectivity index (χ4v) is 4.60. The van der Waals surface area contributed by atoms with E-state index in [1.807, 2.05) is 56.3 Å². The zero-order valence-electron chi connectivity index (χ0n) is 19.6. The van der Waals surface area contributed by atoms with Crippen LogP contribution in [0.5, 0.6) is 5.75 Å². The maximum absolute atomic E-state index is 13.4. The Hall–Kier alpha value is -4.32. The van der Waals surface area contributed by atoms with Crippen molar-refractivity contribution in [2.75, 3.05) is 11.5 Å². The van der Waals surface area contributed by atoms with Gasteiger partial charge in [0, 0.05) is 33.9 Å². The topological polar surface area (TPSA) is 82.6 Å². The van der Waals surface area contributed by atoms with E-state index in [1.54, 1.807) is 36.5 Å². The Morgan fingerprint density at radius 1 is 1.03 bits per heavy atom. The number of rotatable bonds is 6. The van der Waals surface area contributed by atoms with E-state index in [4.69, 9.17) is 4.74 Å². The number of nitrogens with zero attached hydrogens (tertiary/aromatic N) is 1. The normalized spacial score (nSPS) is 17.3. The number of anilines is 1. The van der Waals surface area contributed by atoms with Crippen LogP contribution in [0, 0.1) is 6.92 Å². The zero-order chi connectivity index (χ0) is 24.5. The summed E-state index contributed by atoms with van der Waals surface area (Å²) in [5, 5.41) is 12.3. The van der Waals surface area contributed by atoms with Crippen molar-refractivity contribution in [3.8, 4) is 5.75 Å². The number of fused-ring (bicyclic) bond motifs is 1. The van der Waals surface area contributed by atoms with E-state index in [9.17, 15) is 14.7 Å². The van der Waals surface area contributed by atoms with Gasteiger partial charge < -0.3 is 14.8 Å². The number of aryl methyl sites for hydroxylation is 1. The summed E-state index contributed by atoms with van der Waals surface area (Å²) in [6, 6.07) is 21.3. The number of Topliss-reactive ketones (excluding diaryl/α,β-unsaturated/α-hetero) is 1. The van der Waals surface area contributed by atoms with E-state index in [2.05, 4.69) is 4.98 Å². The second-order valence-corrected chi connectivity index (χ2v) is 8.67. The minimum atomic E-state index is -0.798. The Morgan fingerprint density at radius 3 is 2.63 bits per heavy atom. The second kappa shape index (κ2) is 9.14. The average molecular weight is 467 g/mol. The number of carbonyl (C=O) groups excluding carboxylic acids is 2. The number of aromatic nitrogens is 1. The minimum absolute atomic E-state index is 0.0499. The van der Waals surface area contributed by atoms with Gasteiger partial charge in [-0.3, -0.25) is 14.5 Å². The number of ether oxygens (including phenoxy) is 1. The molecule has 1 unspecified atom stereocenters. The molecule has 5 rings (SSSR count). The van der Waals surface area contributed by atoms with Gasteiger partial charge in [0.05, 0.1) is 18.2 Å². The van der Waals surface area contributed by atoms with Crippen molar-refractivity contribution in [1.82, 2.24) is 4.98 Å². The number of benzene rings is 3. The van der Waals surface area contributed by atoms with E-state index in [0.29, 0.717) is 23.6 Å². The largest absolute Gasteiger partial charge is 0.507 e. The van der Waals surface area contributed by atoms with Crippen LogP contribution in [0.4, 0.5) is 5.69 Å². The standard InChI is InChI=1S/C29H26N2O4/c1-3-14-35-21-11-7-9-19(16-21)27(32)25-26(23-17-30-24-13-5-4-12-22(23)24)31(29(34)28(25)33)20-10-6-8-18(2)15-20/h4-13,15-17,26,30,32H,3,14H2,1-2H3/b27-25+. The lowest BCUT2D eigenvalue weighted by molar-refractivity contribution is -0.132. The van der Waals surface area contributed by atoms with Crippen LogP contribution in [0.1, 0.15) is 36.1 Å². The molecule has 0 bridgehead atoms. The Balaban J connectivity index is 1.73. The Bertz CT molecular complexity index is 1470. The predicted molar refractivity (Wildman–Crippen MR) is 136 cm³/mol. The third kappa shape index (κ3) is 3.97. The van der Waals surface area contributed by atoms with Crippen LogP contribution in [0.15, 0.2) is 84.6 Å². The molecule has 0 saturated carbocycles. The number of hydrogen-bond acceptors (Lipinski definition) is 4. The predicted octanol–water partition coefficient (Wildman–Crippen LogP) is 5.89. The first-order valence-electron chi connectivity index (χ1n) is 11.7. The molecule has 4 aromatic rings. The first-order chi connectivity index (χ1) is 17.0. The van der Waals surface area contributed by atoms with Crippen LogP contribution in [0.3, 0.4) is 0 Å². The van der Waals surface area contributed by atoms with E-state index in [-0.39, 0.29) is 11.3 Å². The van der Waals surface area contributed by atoms with Crippen molar-refractivity contribution in [2.24, 2.45) is 0 Å². The van der Waals surface area contributed by atoms with Gasteiger partial charge in [-0.15, -0.1) is 0 Å². The Kier molecular flexibility index (Phi) is 5.87. The second-order valence-electron chi connectivity index (χ2n) is 8.67. The fourth-order valence-electron chi connectivity index (χ4n) is 4.60. The van der Waals surface area contributed by atoms with Crippen LogP contribution < -0.4 is 9.64 Å². The SMILES string of the molecule is CCCOc1cccc(/C(O)=C2\C(=O)C(=O)N(c3cccc(C)c3)C2c2c[nH]c3ccccc23)c1. The quantitative estimate of drug-likeness (QED) is 0.211. The number of amides is 1. The molecule has 6 heteroatoms. The number of carbonyl (C=O) groups is 2. The molecule has 1 aliphatic heterocycles. The average Bonchev–Trinajstić information content (AvgIpc) is 3.41. The molecular formula is C29H26N2O4. The van der Waals surface area contributed by atoms with Gasteiger partial charge >= 0.3 is 0 Å². The number of hydrogen-bond donors (Lipinski definition) is 2. The smallest absolute Gasteiger partial charge is 0.300 e. The van der Waals surface area contributed by atoms with E-state index < -0.39 is 17.7 Å². The molecule has 35 heavy (non-hydrogen) atoms. The highest BCUT2D eigenvalue weighted by molar-refractivity contribution is 6.51. The third-order valence-corrected chi connectivity index (χ3v) is 6.22. The lowest BCUT2D eigenvalue weighted by Gasteiger charge is -2.25. The maximum atomic E-state index is 13.4. The molecule has 2 heterocycles. The van der Waals surface area contributed by atoms with Gasteiger partial charge in [0.15, 0.2) is 0 Å². The van der Waals surface area contributed by atoms with E-state index >= 15 is 0 Å². The summed E-state index contributed by atoms with van der Waals surface area (Å²) in [5.74, 6) is -1.03. The molecule has 0 spiro atoms. The number of ketones is 1. The number of aliphatic hydroxyl groups is 1. The van der Waals surface area contributed by atoms with Crippen LogP contribution in [-0.2, 0) is 9.59 Å². The zero-order valence-corrected chi connectivity index (χ0v) is 19.6. The summed E-state index contributed by atoms with van der Waals surface area (Å²) in [6.45, 7) is 4.48. The molecule has 1 amide bonds. The van der Waals surface area contributed by atoms with Gasteiger partial charge in [0.1, 0.15) is 11.5 Å². The van der Waals surface area contributed by atoms with Crippen molar-refractivity contribution < 1.29 is 19.4 Å². The summed E-state index contributed by atoms with van der Waals surface area (Å²) in [6.07, 6.45) is 2.65. The van der Waals surface area contributed by atoms with Crippen LogP contribution in [0.2, 0.25) is 0 Å². The lowest BCUT2D eigenvalue weighted by Crippen LogP contribution is -2.29. The molecule has 0 radical (unpaired) electrons. The number of aliphatic hydroxyl groups excluding tert-OH is 1. The van der Waals surface area contributed by atoms with E-state index in [1.165, 1.54) is 4.90 Å². The summed E-state index contributed by atoms with van der Waals surface area (Å²) in [4.78, 5) is 31.6. The summed E-state index contributed by atoms with van der Waals surface area (Å²) >= 11 is 0. The van der Waals surface area contributed by atoms with Gasteiger partial charge in [-0.1, -0.05) is 49.4 Å². The monoisotopic (exact) mass is 466 g/mol. The van der Waals surface area contributed by atoms with E-state index in [0.717, 1.165) is 28.5 Å². The lowest BCUT2D eigenvalue weighted by atomic mass is 9.94. The van der Waals surface area contributed by atoms with Gasteiger partial charge in [-0.25, -0.2) is 0 Å². The molecule has 2 N–H and O–H groups in total. The number of para-hydroxylation sites is 1. The highest BCUT2D eigenvalue weighted by Gasteiger charge is 2.47. The molecule has 1 aliphatic rings. The van der Waals surface area contributed by atoms with Crippen molar-refractivity contribution in [2.45, 2.75) is 26.3 Å². The highest BCUT2D eigenvalue weighted by Crippen LogP contribution is 2.44. The first kappa shape index (κ1) is 22.5. The van der Waals surface area contributed by atoms with Gasteiger partial charge in [0.2, 0.25) is 0 Å². The minimum Gasteiger partial charge on any atom is -0.507 e. The fraction of sp³-hybridized carbons (Fsp3) is 0.172. The maximum Gasteiger partial charge on any atom is 0.300 e. The molecule has 3 aromatic carbocycles. The molecule has 1 fully saturated rings. The Morgan fingerprint density at radius 2 is 1.83 bits per heavy atom. The first-order valence-corrected chi connectivity index (χ1v) is 11.7. The van der Waals surface area contributed by atoms with Gasteiger partial charge in [0.25, 0.3) is 11.7 Å². The van der Waals surface area contributed by atoms with Crippen LogP contribution in [0.25, 0.3) is 16.7 Å². The summed E-state index contributed by atoms with van der Waals surface area (Å²) < 4.78 is 5.72. The van der Waals surface area contributed by atoms with Gasteiger partial charge in [-0.2, -0.15) is 0 Å². The number of aromatic amines is 1. The number of nitrogens with one attached hydrogen (secondary N) is 1. The molecule has 0 aliphatic carbocycles. The van der Waals surface area contributed by atoms with Gasteiger partial charge in [-0.05, 0) is 49.2 Å².